The van der Waals surface area contributed by atoms with Gasteiger partial charge < -0.3 is 10.2 Å². The fourth-order valence-electron chi connectivity index (χ4n) is 4.93. The van der Waals surface area contributed by atoms with Crippen LogP contribution in [-0.2, 0) is 11.8 Å². The number of aromatic hydroxyl groups is 2. The maximum absolute atomic E-state index is 11.4. The Bertz CT molecular complexity index is 1380. The van der Waals surface area contributed by atoms with Crippen LogP contribution in [0.15, 0.2) is 69.6 Å². The highest BCUT2D eigenvalue weighted by Crippen LogP contribution is 2.58. The highest BCUT2D eigenvalue weighted by molar-refractivity contribution is 9.11. The summed E-state index contributed by atoms with van der Waals surface area (Å²) in [5.74, 6) is -0.0211. The van der Waals surface area contributed by atoms with Gasteiger partial charge in [-0.1, -0.05) is 58.5 Å². The summed E-state index contributed by atoms with van der Waals surface area (Å²) in [7, 11) is 0. The third-order valence-electron chi connectivity index (χ3n) is 6.19. The van der Waals surface area contributed by atoms with Crippen LogP contribution in [0.4, 0.5) is 0 Å². The number of hydrogen-bond donors (Lipinski definition) is 2. The summed E-state index contributed by atoms with van der Waals surface area (Å²) >= 11 is 32.7. The number of benzene rings is 4. The number of hydrogen-bond acceptors (Lipinski definition) is 2. The number of halogens is 6. The second kappa shape index (κ2) is 8.92. The van der Waals surface area contributed by atoms with Crippen molar-refractivity contribution in [2.24, 2.45) is 0 Å². The summed E-state index contributed by atoms with van der Waals surface area (Å²) in [5, 5.41) is 24.8. The second-order valence-electron chi connectivity index (χ2n) is 8.10. The van der Waals surface area contributed by atoms with Crippen molar-refractivity contribution in [3.8, 4) is 11.5 Å². The highest BCUT2D eigenvalue weighted by atomic mass is 79.9. The van der Waals surface area contributed by atoms with Gasteiger partial charge in [0.05, 0.1) is 14.4 Å². The Morgan fingerprint density at radius 3 is 1.38 bits per heavy atom. The van der Waals surface area contributed by atoms with Crippen molar-refractivity contribution in [3.05, 3.63) is 123 Å². The number of phenolic OH excluding ortho intramolecular Hbond substituents is 2. The number of rotatable bonds is 2. The molecule has 4 aromatic rings. The Morgan fingerprint density at radius 1 is 0.559 bits per heavy atom. The van der Waals surface area contributed by atoms with Gasteiger partial charge in [-0.3, -0.25) is 0 Å². The zero-order valence-electron chi connectivity index (χ0n) is 17.1. The molecule has 0 aliphatic heterocycles. The van der Waals surface area contributed by atoms with Crippen molar-refractivity contribution in [2.45, 2.75) is 11.8 Å². The smallest absolute Gasteiger partial charge is 0.134 e. The van der Waals surface area contributed by atoms with Crippen LogP contribution in [-0.4, -0.2) is 10.2 Å². The van der Waals surface area contributed by atoms with Gasteiger partial charge >= 0.3 is 0 Å². The van der Waals surface area contributed by atoms with Gasteiger partial charge in [0.2, 0.25) is 0 Å². The van der Waals surface area contributed by atoms with E-state index in [4.69, 9.17) is 46.4 Å². The molecule has 2 N–H and O–H groups in total. The van der Waals surface area contributed by atoms with E-state index in [1.165, 1.54) is 0 Å². The minimum absolute atomic E-state index is 0.0106. The monoisotopic (exact) mass is 656 g/mol. The lowest BCUT2D eigenvalue weighted by Gasteiger charge is -2.43. The zero-order chi connectivity index (χ0) is 24.4. The largest absolute Gasteiger partial charge is 0.506 e. The van der Waals surface area contributed by atoms with Crippen molar-refractivity contribution in [2.75, 3.05) is 0 Å². The predicted molar refractivity (Wildman–Crippen MR) is 146 cm³/mol. The van der Waals surface area contributed by atoms with E-state index in [0.717, 1.165) is 22.3 Å². The average Bonchev–Trinajstić information content (AvgIpc) is 2.77. The van der Waals surface area contributed by atoms with Crippen LogP contribution in [0.5, 0.6) is 11.5 Å². The standard InChI is InChI=1S/C26H14Br2Cl4O2/c27-22-10-16(31)8-20(24(22)33)26(21-9-17(32)11-23(28)25(21)34)18-3-1-14(29)6-12(18)5-13-7-15(30)2-4-19(13)26/h1-4,6-11,33-34H,5H2. The van der Waals surface area contributed by atoms with E-state index in [9.17, 15) is 10.2 Å². The lowest BCUT2D eigenvalue weighted by Crippen LogP contribution is -2.36. The van der Waals surface area contributed by atoms with E-state index in [2.05, 4.69) is 31.9 Å². The maximum atomic E-state index is 11.4. The second-order valence-corrected chi connectivity index (χ2v) is 11.6. The first kappa shape index (κ1) is 24.3. The van der Waals surface area contributed by atoms with Gasteiger partial charge in [-0.2, -0.15) is 0 Å². The molecular weight excluding hydrogens is 646 g/mol. The molecule has 0 heterocycles. The fourth-order valence-corrected chi connectivity index (χ4v) is 6.94. The third kappa shape index (κ3) is 3.75. The molecule has 0 spiro atoms. The summed E-state index contributed by atoms with van der Waals surface area (Å²) < 4.78 is 0.845. The highest BCUT2D eigenvalue weighted by Gasteiger charge is 2.48. The van der Waals surface area contributed by atoms with Gasteiger partial charge in [-0.25, -0.2) is 0 Å². The summed E-state index contributed by atoms with van der Waals surface area (Å²) in [6.07, 6.45) is 0.568. The molecule has 1 aliphatic rings. The minimum Gasteiger partial charge on any atom is -0.506 e. The molecule has 172 valence electrons. The van der Waals surface area contributed by atoms with E-state index in [0.29, 0.717) is 46.6 Å². The Hall–Kier alpha value is -1.40. The SMILES string of the molecule is Oc1c(Br)cc(Cl)cc1C1(c2cc(Cl)cc(Br)c2O)c2ccc(Cl)cc2Cc2cc(Cl)ccc21. The third-order valence-corrected chi connectivity index (χ3v) is 8.30. The zero-order valence-corrected chi connectivity index (χ0v) is 23.3. The molecule has 1 aliphatic carbocycles. The topological polar surface area (TPSA) is 40.5 Å². The summed E-state index contributed by atoms with van der Waals surface area (Å²) in [6.45, 7) is 0. The van der Waals surface area contributed by atoms with Crippen LogP contribution in [0, 0.1) is 0 Å². The molecule has 34 heavy (non-hydrogen) atoms. The molecule has 0 atom stereocenters. The van der Waals surface area contributed by atoms with E-state index >= 15 is 0 Å². The molecule has 0 saturated heterocycles. The maximum Gasteiger partial charge on any atom is 0.134 e. The van der Waals surface area contributed by atoms with E-state index in [1.54, 1.807) is 36.4 Å². The lowest BCUT2D eigenvalue weighted by molar-refractivity contribution is 0.442. The van der Waals surface area contributed by atoms with Crippen LogP contribution < -0.4 is 0 Å². The quantitative estimate of drug-likeness (QED) is 0.198. The first-order valence-corrected chi connectivity index (χ1v) is 13.2. The van der Waals surface area contributed by atoms with Gasteiger partial charge in [-0.05, 0) is 109 Å². The van der Waals surface area contributed by atoms with Crippen molar-refractivity contribution in [1.82, 2.24) is 0 Å². The van der Waals surface area contributed by atoms with Crippen LogP contribution in [0.2, 0.25) is 20.1 Å². The van der Waals surface area contributed by atoms with Gasteiger partial charge in [0.1, 0.15) is 11.5 Å². The van der Waals surface area contributed by atoms with Crippen LogP contribution >= 0.6 is 78.3 Å². The predicted octanol–water partition coefficient (Wildman–Crippen LogP) is 9.52. The summed E-state index contributed by atoms with van der Waals surface area (Å²) in [6, 6.07) is 17.9. The molecular formula is C26H14Br2Cl4O2. The molecule has 0 fully saturated rings. The van der Waals surface area contributed by atoms with Crippen LogP contribution in [0.3, 0.4) is 0 Å². The Balaban J connectivity index is 2.08. The molecule has 0 radical (unpaired) electrons. The minimum atomic E-state index is -1.19. The first-order valence-electron chi connectivity index (χ1n) is 10.1. The van der Waals surface area contributed by atoms with E-state index in [1.807, 2.05) is 24.3 Å². The van der Waals surface area contributed by atoms with Gasteiger partial charge in [0.25, 0.3) is 0 Å². The van der Waals surface area contributed by atoms with Gasteiger partial charge in [0, 0.05) is 31.2 Å². The van der Waals surface area contributed by atoms with Crippen molar-refractivity contribution < 1.29 is 10.2 Å². The van der Waals surface area contributed by atoms with Crippen molar-refractivity contribution in [1.29, 1.82) is 0 Å². The Labute approximate surface area is 233 Å². The average molecular weight is 660 g/mol. The van der Waals surface area contributed by atoms with Crippen molar-refractivity contribution in [3.63, 3.8) is 0 Å². The molecule has 0 saturated carbocycles. The van der Waals surface area contributed by atoms with Gasteiger partial charge in [0.15, 0.2) is 0 Å². The summed E-state index contributed by atoms with van der Waals surface area (Å²) in [4.78, 5) is 0. The van der Waals surface area contributed by atoms with Crippen molar-refractivity contribution >= 4 is 78.3 Å². The lowest BCUT2D eigenvalue weighted by atomic mass is 9.59. The molecule has 4 aromatic carbocycles. The molecule has 0 unspecified atom stereocenters. The summed E-state index contributed by atoms with van der Waals surface area (Å²) in [5.41, 5.74) is 3.28. The molecule has 8 heteroatoms. The molecule has 0 bridgehead atoms. The fraction of sp³-hybridized carbons (Fsp3) is 0.0769. The van der Waals surface area contributed by atoms with Crippen LogP contribution in [0.1, 0.15) is 33.4 Å². The molecule has 2 nitrogen and oxygen atoms in total. The normalized spacial score (nSPS) is 13.9. The Kier molecular flexibility index (Phi) is 6.37. The molecule has 5 rings (SSSR count). The first-order chi connectivity index (χ1) is 16.1. The number of phenols is 2. The molecule has 0 aromatic heterocycles. The van der Waals surface area contributed by atoms with Gasteiger partial charge in [-0.15, -0.1) is 0 Å². The Morgan fingerprint density at radius 2 is 0.971 bits per heavy atom. The van der Waals surface area contributed by atoms with Crippen LogP contribution in [0.25, 0.3) is 0 Å². The van der Waals surface area contributed by atoms with E-state index < -0.39 is 5.41 Å². The van der Waals surface area contributed by atoms with E-state index in [-0.39, 0.29) is 11.5 Å². The number of fused-ring (bicyclic) bond motifs is 2. The molecule has 0 amide bonds.